The van der Waals surface area contributed by atoms with Gasteiger partial charge in [0.2, 0.25) is 0 Å². The van der Waals surface area contributed by atoms with E-state index in [0.29, 0.717) is 11.6 Å². The third-order valence-corrected chi connectivity index (χ3v) is 5.16. The number of carbonyl (C=O) groups is 1. The van der Waals surface area contributed by atoms with Crippen LogP contribution in [-0.2, 0) is 4.79 Å². The average molecular weight is 269 g/mol. The van der Waals surface area contributed by atoms with E-state index in [2.05, 4.69) is 26.2 Å². The summed E-state index contributed by atoms with van der Waals surface area (Å²) in [5.41, 5.74) is 3.31. The van der Waals surface area contributed by atoms with Gasteiger partial charge in [-0.05, 0) is 29.4 Å². The van der Waals surface area contributed by atoms with Crippen LogP contribution in [-0.4, -0.2) is 27.0 Å². The second kappa shape index (κ2) is 4.49. The second-order valence-corrected chi connectivity index (χ2v) is 6.58. The van der Waals surface area contributed by atoms with Crippen LogP contribution in [0.2, 0.25) is 0 Å². The Labute approximate surface area is 114 Å². The van der Waals surface area contributed by atoms with E-state index in [1.54, 1.807) is 6.92 Å². The van der Waals surface area contributed by atoms with Crippen LogP contribution in [0.4, 0.5) is 0 Å². The third kappa shape index (κ3) is 2.15. The maximum atomic E-state index is 12.0. The summed E-state index contributed by atoms with van der Waals surface area (Å²) in [7, 11) is 0. The summed E-state index contributed by atoms with van der Waals surface area (Å²) >= 11 is 0. The van der Waals surface area contributed by atoms with Crippen LogP contribution < -0.4 is 5.43 Å². The van der Waals surface area contributed by atoms with Crippen LogP contribution in [0, 0.1) is 11.3 Å². The molecule has 1 fully saturated rings. The lowest BCUT2D eigenvalue weighted by atomic mass is 9.76. The van der Waals surface area contributed by atoms with Gasteiger partial charge in [-0.3, -0.25) is 0 Å². The van der Waals surface area contributed by atoms with Gasteiger partial charge in [0.15, 0.2) is 6.04 Å². The van der Waals surface area contributed by atoms with Crippen molar-refractivity contribution in [2.75, 3.05) is 0 Å². The number of quaternary nitrogens is 1. The normalized spacial score (nSPS) is 35.9. The Hall–Kier alpha value is -1.07. The molecule has 2 aliphatic rings. The highest BCUT2D eigenvalue weighted by Gasteiger charge is 2.56. The quantitative estimate of drug-likeness (QED) is 0.544. The molecule has 19 heavy (non-hydrogen) atoms. The van der Waals surface area contributed by atoms with E-state index < -0.39 is 10.7 Å². The second-order valence-electron chi connectivity index (χ2n) is 6.58. The molecule has 0 radical (unpaired) electrons. The molecular formula is C14H25N2O3+. The molecule has 0 aromatic carbocycles. The summed E-state index contributed by atoms with van der Waals surface area (Å²) in [6, 6.07) is -0.178. The minimum atomic E-state index is -0.853. The molecule has 3 unspecified atom stereocenters. The van der Waals surface area contributed by atoms with Crippen LogP contribution >= 0.6 is 0 Å². The van der Waals surface area contributed by atoms with Gasteiger partial charge in [-0.1, -0.05) is 27.2 Å². The van der Waals surface area contributed by atoms with Crippen molar-refractivity contribution < 1.29 is 19.9 Å². The van der Waals surface area contributed by atoms with Crippen molar-refractivity contribution >= 4 is 5.91 Å². The van der Waals surface area contributed by atoms with Crippen LogP contribution in [0.25, 0.3) is 0 Å². The molecule has 0 spiro atoms. The first-order valence-electron chi connectivity index (χ1n) is 7.07. The number of allylic oxidation sites excluding steroid dienone is 1. The fourth-order valence-electron chi connectivity index (χ4n) is 3.23. The van der Waals surface area contributed by atoms with Gasteiger partial charge in [-0.25, -0.2) is 4.79 Å². The largest absolute Gasteiger partial charge is 0.499 e. The number of aliphatic hydroxyl groups excluding tert-OH is 1. The predicted molar refractivity (Wildman–Crippen MR) is 70.7 cm³/mol. The molecule has 1 aliphatic carbocycles. The van der Waals surface area contributed by atoms with Crippen molar-refractivity contribution in [3.63, 3.8) is 0 Å². The number of rotatable bonds is 3. The number of carbonyl (C=O) groups excluding carboxylic acids is 1. The van der Waals surface area contributed by atoms with Crippen molar-refractivity contribution in [2.45, 2.75) is 59.4 Å². The van der Waals surface area contributed by atoms with Gasteiger partial charge in [-0.2, -0.15) is 10.6 Å². The predicted octanol–water partition coefficient (Wildman–Crippen LogP) is 2.63. The lowest BCUT2D eigenvalue weighted by molar-refractivity contribution is -1.08. The molecule has 0 bridgehead atoms. The highest BCUT2D eigenvalue weighted by molar-refractivity contribution is 5.87. The molecule has 1 saturated carbocycles. The Kier molecular flexibility index (Phi) is 3.39. The number of amides is 1. The molecule has 1 heterocycles. The van der Waals surface area contributed by atoms with E-state index in [1.165, 1.54) is 0 Å². The number of hydroxylamine groups is 2. The van der Waals surface area contributed by atoms with E-state index in [0.717, 1.165) is 25.7 Å². The Morgan fingerprint density at radius 1 is 1.42 bits per heavy atom. The standard InChI is InChI=1S/C14H24N2O3/c1-5-14(3,4)10-6-7-11(8-10)16(19)13(18)12(17)9(2)15-16/h10-11,19H,5-8H2,1-4H3,(H-,15,17,18)/p+1. The van der Waals surface area contributed by atoms with E-state index in [1.807, 2.05) is 0 Å². The van der Waals surface area contributed by atoms with Crippen LogP contribution in [0.15, 0.2) is 11.5 Å². The average Bonchev–Trinajstić information content (AvgIpc) is 2.93. The first-order valence-corrected chi connectivity index (χ1v) is 7.07. The van der Waals surface area contributed by atoms with Gasteiger partial charge in [0.05, 0.1) is 0 Å². The zero-order chi connectivity index (χ0) is 14.4. The van der Waals surface area contributed by atoms with E-state index in [-0.39, 0.29) is 17.2 Å². The molecule has 5 heteroatoms. The number of nitrogens with zero attached hydrogens (tertiary/aromatic N) is 1. The molecule has 108 valence electrons. The molecule has 1 aliphatic heterocycles. The fraction of sp³-hybridized carbons (Fsp3) is 0.786. The van der Waals surface area contributed by atoms with Crippen LogP contribution in [0.1, 0.15) is 53.4 Å². The Balaban J connectivity index is 2.13. The molecule has 1 amide bonds. The summed E-state index contributed by atoms with van der Waals surface area (Å²) in [5, 5.41) is 20.2. The molecular weight excluding hydrogens is 244 g/mol. The van der Waals surface area contributed by atoms with Crippen molar-refractivity contribution in [3.8, 4) is 0 Å². The third-order valence-electron chi connectivity index (χ3n) is 5.16. The lowest BCUT2D eigenvalue weighted by Gasteiger charge is -2.32. The summed E-state index contributed by atoms with van der Waals surface area (Å²) in [6.07, 6.45) is 3.70. The zero-order valence-corrected chi connectivity index (χ0v) is 12.2. The molecule has 3 N–H and O–H groups in total. The summed E-state index contributed by atoms with van der Waals surface area (Å²) in [6.45, 7) is 8.25. The van der Waals surface area contributed by atoms with Gasteiger partial charge in [-0.15, -0.1) is 0 Å². The molecule has 0 aromatic rings. The fourth-order valence-corrected chi connectivity index (χ4v) is 3.23. The van der Waals surface area contributed by atoms with Gasteiger partial charge >= 0.3 is 5.91 Å². The summed E-state index contributed by atoms with van der Waals surface area (Å²) in [5.74, 6) is -0.472. The van der Waals surface area contributed by atoms with E-state index >= 15 is 0 Å². The number of aliphatic hydroxyl groups is 1. The number of nitrogens with one attached hydrogen (secondary N) is 1. The van der Waals surface area contributed by atoms with Gasteiger partial charge < -0.3 is 5.11 Å². The zero-order valence-electron chi connectivity index (χ0n) is 12.2. The van der Waals surface area contributed by atoms with Gasteiger partial charge in [0.1, 0.15) is 5.70 Å². The van der Waals surface area contributed by atoms with Crippen molar-refractivity contribution in [2.24, 2.45) is 11.3 Å². The Bertz CT molecular complexity index is 430. The minimum absolute atomic E-state index is 0.178. The maximum Gasteiger partial charge on any atom is 0.439 e. The monoisotopic (exact) mass is 269 g/mol. The number of hydrogen-bond acceptors (Lipinski definition) is 4. The SMILES string of the molecule is CCC(C)(C)C1CCC([N+]2(O)NC(C)=C(O)C2=O)C1. The molecule has 3 atom stereocenters. The van der Waals surface area contributed by atoms with Crippen LogP contribution in [0.3, 0.4) is 0 Å². The highest BCUT2D eigenvalue weighted by Crippen LogP contribution is 2.45. The first-order chi connectivity index (χ1) is 8.72. The topological polar surface area (TPSA) is 69.6 Å². The Morgan fingerprint density at radius 2 is 2.05 bits per heavy atom. The summed E-state index contributed by atoms with van der Waals surface area (Å²) in [4.78, 5) is 12.0. The van der Waals surface area contributed by atoms with E-state index in [9.17, 15) is 15.1 Å². The van der Waals surface area contributed by atoms with Crippen molar-refractivity contribution in [1.82, 2.24) is 5.43 Å². The maximum absolute atomic E-state index is 12.0. The highest BCUT2D eigenvalue weighted by atomic mass is 16.6. The summed E-state index contributed by atoms with van der Waals surface area (Å²) < 4.78 is -0.853. The first kappa shape index (κ1) is 14.3. The molecule has 0 saturated heterocycles. The number of hydrogen-bond donors (Lipinski definition) is 3. The van der Waals surface area contributed by atoms with Gasteiger partial charge in [0, 0.05) is 12.8 Å². The Morgan fingerprint density at radius 3 is 2.53 bits per heavy atom. The minimum Gasteiger partial charge on any atom is -0.499 e. The van der Waals surface area contributed by atoms with Crippen LogP contribution in [0.5, 0.6) is 0 Å². The smallest absolute Gasteiger partial charge is 0.439 e. The molecule has 5 nitrogen and oxygen atoms in total. The van der Waals surface area contributed by atoms with Crippen molar-refractivity contribution in [1.29, 1.82) is 0 Å². The lowest BCUT2D eigenvalue weighted by Crippen LogP contribution is -2.60. The van der Waals surface area contributed by atoms with Crippen molar-refractivity contribution in [3.05, 3.63) is 11.5 Å². The van der Waals surface area contributed by atoms with E-state index in [4.69, 9.17) is 0 Å². The molecule has 2 rings (SSSR count). The molecule has 0 aromatic heterocycles. The van der Waals surface area contributed by atoms with Gasteiger partial charge in [0.25, 0.3) is 5.76 Å².